The summed E-state index contributed by atoms with van der Waals surface area (Å²) in [6, 6.07) is 51.9. The Morgan fingerprint density at radius 1 is 0.370 bits per heavy atom. The molecule has 4 heteroatoms. The fraction of sp³-hybridized carbons (Fsp3) is 0.120. The summed E-state index contributed by atoms with van der Waals surface area (Å²) in [7, 11) is 0. The van der Waals surface area contributed by atoms with E-state index in [1.165, 1.54) is 61.2 Å². The van der Waals surface area contributed by atoms with E-state index in [4.69, 9.17) is 18.8 Å². The third-order valence-corrected chi connectivity index (χ3v) is 11.9. The molecule has 258 valence electrons. The number of hydrogen-bond donors (Lipinski definition) is 0. The minimum atomic E-state index is -0.243. The molecule has 9 aromatic rings. The van der Waals surface area contributed by atoms with Crippen LogP contribution in [0.2, 0.25) is 0 Å². The summed E-state index contributed by atoms with van der Waals surface area (Å²) in [6.07, 6.45) is 0. The first kappa shape index (κ1) is 31.0. The van der Waals surface area contributed by atoms with Crippen molar-refractivity contribution in [1.82, 2.24) is 9.97 Å². The summed E-state index contributed by atoms with van der Waals surface area (Å²) in [4.78, 5) is 9.78. The van der Waals surface area contributed by atoms with E-state index in [1.807, 2.05) is 48.5 Å². The lowest BCUT2D eigenvalue weighted by molar-refractivity contribution is 0.617. The third kappa shape index (κ3) is 4.43. The van der Waals surface area contributed by atoms with Gasteiger partial charge in [0.15, 0.2) is 11.2 Å². The Bertz CT molecular complexity index is 2850. The van der Waals surface area contributed by atoms with Crippen LogP contribution in [0.15, 0.2) is 154 Å². The first-order chi connectivity index (χ1) is 26.2. The van der Waals surface area contributed by atoms with Gasteiger partial charge in [-0.2, -0.15) is 0 Å². The van der Waals surface area contributed by atoms with Gasteiger partial charge in [0.05, 0.1) is 0 Å². The second-order valence-electron chi connectivity index (χ2n) is 15.8. The van der Waals surface area contributed by atoms with Crippen LogP contribution < -0.4 is 0 Å². The number of fused-ring (bicyclic) bond motifs is 8. The Kier molecular flexibility index (Phi) is 6.33. The van der Waals surface area contributed by atoms with Crippen molar-refractivity contribution in [1.29, 1.82) is 0 Å². The second kappa shape index (κ2) is 11.0. The molecule has 0 aliphatic heterocycles. The van der Waals surface area contributed by atoms with E-state index in [-0.39, 0.29) is 10.8 Å². The Morgan fingerprint density at radius 3 is 1.61 bits per heavy atom. The van der Waals surface area contributed by atoms with Crippen LogP contribution in [0.3, 0.4) is 0 Å². The van der Waals surface area contributed by atoms with Gasteiger partial charge in [-0.1, -0.05) is 119 Å². The summed E-state index contributed by atoms with van der Waals surface area (Å²) in [5.41, 5.74) is 20.0. The van der Waals surface area contributed by atoms with E-state index in [1.54, 1.807) is 0 Å². The lowest BCUT2D eigenvalue weighted by Crippen LogP contribution is -2.16. The zero-order chi connectivity index (χ0) is 36.3. The average Bonchev–Trinajstić information content (AvgIpc) is 3.95. The minimum Gasteiger partial charge on any atom is -0.436 e. The van der Waals surface area contributed by atoms with E-state index in [0.717, 1.165) is 38.9 Å². The molecule has 0 saturated carbocycles. The van der Waals surface area contributed by atoms with Crippen molar-refractivity contribution >= 4 is 22.2 Å². The average molecular weight is 697 g/mol. The maximum absolute atomic E-state index is 6.33. The van der Waals surface area contributed by atoms with Gasteiger partial charge in [-0.25, -0.2) is 9.97 Å². The first-order valence-corrected chi connectivity index (χ1v) is 18.6. The number of para-hydroxylation sites is 4. The van der Waals surface area contributed by atoms with E-state index < -0.39 is 0 Å². The molecule has 2 heterocycles. The van der Waals surface area contributed by atoms with Gasteiger partial charge in [0, 0.05) is 22.0 Å². The standard InChI is InChI=1S/C50H36N2O2/c1-49(2)39-15-6-5-12-35(39)36-22-20-30(28-41(36)49)29-21-23-40-38(27-29)37-14-11-13-34(46(37)50(40,3)4)31-24-32(47-51-42-16-7-9-18-44(42)53-47)26-33(25-31)48-52-43-17-8-10-19-45(43)54-48/h5-28H,1-4H3. The van der Waals surface area contributed by atoms with Crippen LogP contribution in [0.5, 0.6) is 0 Å². The molecule has 0 saturated heterocycles. The summed E-state index contributed by atoms with van der Waals surface area (Å²) < 4.78 is 12.7. The van der Waals surface area contributed by atoms with Crippen molar-refractivity contribution in [3.8, 4) is 67.4 Å². The highest BCUT2D eigenvalue weighted by atomic mass is 16.4. The predicted molar refractivity (Wildman–Crippen MR) is 218 cm³/mol. The van der Waals surface area contributed by atoms with Gasteiger partial charge in [-0.3, -0.25) is 0 Å². The predicted octanol–water partition coefficient (Wildman–Crippen LogP) is 13.2. The van der Waals surface area contributed by atoms with Gasteiger partial charge >= 0.3 is 0 Å². The molecule has 7 aromatic carbocycles. The first-order valence-electron chi connectivity index (χ1n) is 18.6. The highest BCUT2D eigenvalue weighted by Crippen LogP contribution is 2.54. The number of nitrogens with zero attached hydrogens (tertiary/aromatic N) is 2. The van der Waals surface area contributed by atoms with E-state index in [9.17, 15) is 0 Å². The lowest BCUT2D eigenvalue weighted by atomic mass is 9.78. The molecule has 0 radical (unpaired) electrons. The van der Waals surface area contributed by atoms with Crippen LogP contribution in [0.4, 0.5) is 0 Å². The smallest absolute Gasteiger partial charge is 0.227 e. The molecular weight excluding hydrogens is 661 g/mol. The third-order valence-electron chi connectivity index (χ3n) is 11.9. The second-order valence-corrected chi connectivity index (χ2v) is 15.8. The van der Waals surface area contributed by atoms with Crippen molar-refractivity contribution < 1.29 is 8.83 Å². The van der Waals surface area contributed by atoms with Gasteiger partial charge < -0.3 is 8.83 Å². The van der Waals surface area contributed by atoms with Crippen LogP contribution in [0.1, 0.15) is 49.9 Å². The molecule has 0 N–H and O–H groups in total. The molecule has 0 atom stereocenters. The van der Waals surface area contributed by atoms with Crippen molar-refractivity contribution in [2.24, 2.45) is 0 Å². The van der Waals surface area contributed by atoms with Gasteiger partial charge in [0.1, 0.15) is 11.0 Å². The number of rotatable bonds is 4. The fourth-order valence-corrected chi connectivity index (χ4v) is 9.22. The Morgan fingerprint density at radius 2 is 0.907 bits per heavy atom. The molecule has 4 nitrogen and oxygen atoms in total. The maximum atomic E-state index is 6.33. The molecule has 2 aromatic heterocycles. The van der Waals surface area contributed by atoms with Crippen LogP contribution in [0.25, 0.3) is 89.6 Å². The summed E-state index contributed by atoms with van der Waals surface area (Å²) in [6.45, 7) is 9.39. The number of oxazole rings is 2. The van der Waals surface area contributed by atoms with Gasteiger partial charge in [0.25, 0.3) is 0 Å². The Hall–Kier alpha value is -6.52. The largest absolute Gasteiger partial charge is 0.436 e. The van der Waals surface area contributed by atoms with E-state index in [0.29, 0.717) is 11.8 Å². The molecular formula is C50H36N2O2. The van der Waals surface area contributed by atoms with Gasteiger partial charge in [-0.05, 0) is 121 Å². The van der Waals surface area contributed by atoms with Crippen LogP contribution >= 0.6 is 0 Å². The SMILES string of the molecule is CC1(C)c2ccccc2-c2ccc(-c3ccc4c(c3)-c3cccc(-c5cc(-c6nc7ccccc7o6)cc(-c6nc7ccccc7o6)c5)c3C4(C)C)cc21. The molecule has 2 aliphatic carbocycles. The monoisotopic (exact) mass is 696 g/mol. The molecule has 54 heavy (non-hydrogen) atoms. The molecule has 0 amide bonds. The molecule has 0 unspecified atom stereocenters. The summed E-state index contributed by atoms with van der Waals surface area (Å²) >= 11 is 0. The zero-order valence-electron chi connectivity index (χ0n) is 30.6. The van der Waals surface area contributed by atoms with Crippen LogP contribution in [-0.2, 0) is 10.8 Å². The highest BCUT2D eigenvalue weighted by molar-refractivity contribution is 5.93. The lowest BCUT2D eigenvalue weighted by Gasteiger charge is -2.25. The molecule has 0 bridgehead atoms. The topological polar surface area (TPSA) is 52.1 Å². The molecule has 11 rings (SSSR count). The van der Waals surface area contributed by atoms with Crippen molar-refractivity contribution in [3.05, 3.63) is 168 Å². The van der Waals surface area contributed by atoms with Gasteiger partial charge in [0.2, 0.25) is 11.8 Å². The quantitative estimate of drug-likeness (QED) is 0.184. The van der Waals surface area contributed by atoms with Crippen molar-refractivity contribution in [2.75, 3.05) is 0 Å². The summed E-state index contributed by atoms with van der Waals surface area (Å²) in [5, 5.41) is 0. The van der Waals surface area contributed by atoms with Gasteiger partial charge in [-0.15, -0.1) is 0 Å². The minimum absolute atomic E-state index is 0.0503. The highest BCUT2D eigenvalue weighted by Gasteiger charge is 2.39. The molecule has 0 fully saturated rings. The van der Waals surface area contributed by atoms with E-state index in [2.05, 4.69) is 125 Å². The van der Waals surface area contributed by atoms with Crippen molar-refractivity contribution in [3.63, 3.8) is 0 Å². The maximum Gasteiger partial charge on any atom is 0.227 e. The number of hydrogen-bond acceptors (Lipinski definition) is 4. The normalized spacial score (nSPS) is 14.6. The van der Waals surface area contributed by atoms with Crippen LogP contribution in [0, 0.1) is 0 Å². The Balaban J connectivity index is 1.06. The zero-order valence-corrected chi connectivity index (χ0v) is 30.6. The van der Waals surface area contributed by atoms with Crippen molar-refractivity contribution in [2.45, 2.75) is 38.5 Å². The van der Waals surface area contributed by atoms with E-state index >= 15 is 0 Å². The molecule has 2 aliphatic rings. The number of benzene rings is 7. The Labute approximate surface area is 313 Å². The molecule has 0 spiro atoms. The fourth-order valence-electron chi connectivity index (χ4n) is 9.22. The van der Waals surface area contributed by atoms with Crippen LogP contribution in [-0.4, -0.2) is 9.97 Å². The number of aromatic nitrogens is 2. The summed E-state index contributed by atoms with van der Waals surface area (Å²) in [5.74, 6) is 1.13.